The van der Waals surface area contributed by atoms with E-state index in [1.54, 1.807) is 11.3 Å². The highest BCUT2D eigenvalue weighted by Crippen LogP contribution is 2.25. The van der Waals surface area contributed by atoms with Gasteiger partial charge in [-0.25, -0.2) is 0 Å². The molecule has 0 saturated heterocycles. The van der Waals surface area contributed by atoms with Crippen LogP contribution in [0.25, 0.3) is 0 Å². The van der Waals surface area contributed by atoms with E-state index >= 15 is 0 Å². The average Bonchev–Trinajstić information content (AvgIpc) is 2.85. The largest absolute Gasteiger partial charge is 0.494 e. The number of hydrogen-bond acceptors (Lipinski definition) is 3. The van der Waals surface area contributed by atoms with Crippen LogP contribution in [0.15, 0.2) is 40.2 Å². The molecule has 0 radical (unpaired) electrons. The first-order valence-corrected chi connectivity index (χ1v) is 8.57. The van der Waals surface area contributed by atoms with E-state index in [1.165, 1.54) is 4.88 Å². The highest BCUT2D eigenvalue weighted by Gasteiger charge is 2.09. The summed E-state index contributed by atoms with van der Waals surface area (Å²) in [6.45, 7) is 2.94. The van der Waals surface area contributed by atoms with Crippen molar-refractivity contribution in [2.75, 3.05) is 6.61 Å². The molecule has 1 atom stereocenters. The molecule has 1 unspecified atom stereocenters. The Labute approximate surface area is 133 Å². The van der Waals surface area contributed by atoms with Crippen LogP contribution in [-0.2, 0) is 6.42 Å². The van der Waals surface area contributed by atoms with E-state index in [2.05, 4.69) is 46.4 Å². The Morgan fingerprint density at radius 2 is 2.05 bits per heavy atom. The number of nitrogens with two attached hydrogens (primary N) is 1. The Bertz CT molecular complexity index is 524. The molecule has 1 heterocycles. The molecule has 0 fully saturated rings. The van der Waals surface area contributed by atoms with Gasteiger partial charge in [0.25, 0.3) is 0 Å². The average molecular weight is 354 g/mol. The van der Waals surface area contributed by atoms with Gasteiger partial charge in [-0.15, -0.1) is 11.3 Å². The highest BCUT2D eigenvalue weighted by atomic mass is 79.9. The Morgan fingerprint density at radius 1 is 1.30 bits per heavy atom. The fourth-order valence-electron chi connectivity index (χ4n) is 1.94. The minimum Gasteiger partial charge on any atom is -0.494 e. The third-order valence-electron chi connectivity index (χ3n) is 3.12. The lowest BCUT2D eigenvalue weighted by Crippen LogP contribution is -2.12. The number of benzene rings is 1. The van der Waals surface area contributed by atoms with Crippen LogP contribution in [0.4, 0.5) is 0 Å². The molecule has 108 valence electrons. The first-order valence-electron chi connectivity index (χ1n) is 6.90. The van der Waals surface area contributed by atoms with Gasteiger partial charge in [-0.05, 0) is 46.1 Å². The minimum atomic E-state index is 0.0326. The van der Waals surface area contributed by atoms with E-state index < -0.39 is 0 Å². The zero-order valence-electron chi connectivity index (χ0n) is 11.6. The molecular formula is C16H20BrNOS. The van der Waals surface area contributed by atoms with Gasteiger partial charge in [0.15, 0.2) is 0 Å². The van der Waals surface area contributed by atoms with Gasteiger partial charge in [-0.3, -0.25) is 0 Å². The molecule has 4 heteroatoms. The quantitative estimate of drug-likeness (QED) is 0.716. The maximum Gasteiger partial charge on any atom is 0.119 e. The highest BCUT2D eigenvalue weighted by molar-refractivity contribution is 9.10. The van der Waals surface area contributed by atoms with Crippen molar-refractivity contribution in [3.05, 3.63) is 50.6 Å². The summed E-state index contributed by atoms with van der Waals surface area (Å²) in [5, 5.41) is 2.09. The van der Waals surface area contributed by atoms with Crippen LogP contribution in [0.3, 0.4) is 0 Å². The summed E-state index contributed by atoms with van der Waals surface area (Å²) in [5.74, 6) is 0.924. The zero-order valence-corrected chi connectivity index (χ0v) is 14.0. The van der Waals surface area contributed by atoms with Gasteiger partial charge in [-0.1, -0.05) is 25.5 Å². The summed E-state index contributed by atoms with van der Waals surface area (Å²) in [4.78, 5) is 1.30. The summed E-state index contributed by atoms with van der Waals surface area (Å²) in [6.07, 6.45) is 3.11. The van der Waals surface area contributed by atoms with Gasteiger partial charge in [0.2, 0.25) is 0 Å². The molecule has 1 aromatic carbocycles. The fraction of sp³-hybridized carbons (Fsp3) is 0.375. The van der Waals surface area contributed by atoms with E-state index in [-0.39, 0.29) is 6.04 Å². The number of ether oxygens (including phenoxy) is 1. The second-order valence-corrected chi connectivity index (χ2v) is 6.72. The standard InChI is InChI=1S/C16H20BrNOS/c1-2-3-8-19-14-6-4-12(5-7-14)16(18)10-15-9-13(17)11-20-15/h4-7,9,11,16H,2-3,8,10,18H2,1H3. The Balaban J connectivity index is 1.91. The Hall–Kier alpha value is -0.840. The summed E-state index contributed by atoms with van der Waals surface area (Å²) in [7, 11) is 0. The first-order chi connectivity index (χ1) is 9.69. The molecule has 20 heavy (non-hydrogen) atoms. The fourth-order valence-corrected chi connectivity index (χ4v) is 3.45. The summed E-state index contributed by atoms with van der Waals surface area (Å²) < 4.78 is 6.79. The predicted molar refractivity (Wildman–Crippen MR) is 89.5 cm³/mol. The van der Waals surface area contributed by atoms with Gasteiger partial charge in [0.1, 0.15) is 5.75 Å². The van der Waals surface area contributed by atoms with E-state index in [0.29, 0.717) is 0 Å². The SMILES string of the molecule is CCCCOc1ccc(C(N)Cc2cc(Br)cs2)cc1. The third kappa shape index (κ3) is 4.62. The van der Waals surface area contributed by atoms with E-state index in [0.717, 1.165) is 41.7 Å². The monoisotopic (exact) mass is 353 g/mol. The summed E-state index contributed by atoms with van der Waals surface area (Å²) in [5.41, 5.74) is 7.41. The smallest absolute Gasteiger partial charge is 0.119 e. The van der Waals surface area contributed by atoms with Crippen LogP contribution < -0.4 is 10.5 Å². The molecule has 2 aromatic rings. The summed E-state index contributed by atoms with van der Waals surface area (Å²) in [6, 6.07) is 10.3. The molecule has 0 aliphatic rings. The summed E-state index contributed by atoms with van der Waals surface area (Å²) >= 11 is 5.21. The molecule has 0 amide bonds. The predicted octanol–water partition coefficient (Wildman–Crippen LogP) is 4.93. The topological polar surface area (TPSA) is 35.2 Å². The van der Waals surface area contributed by atoms with Crippen molar-refractivity contribution in [3.63, 3.8) is 0 Å². The lowest BCUT2D eigenvalue weighted by Gasteiger charge is -2.12. The second kappa shape index (κ2) is 7.81. The minimum absolute atomic E-state index is 0.0326. The Morgan fingerprint density at radius 3 is 2.65 bits per heavy atom. The lowest BCUT2D eigenvalue weighted by molar-refractivity contribution is 0.309. The first kappa shape index (κ1) is 15.5. The van der Waals surface area contributed by atoms with E-state index in [9.17, 15) is 0 Å². The molecule has 2 N–H and O–H groups in total. The Kier molecular flexibility index (Phi) is 6.07. The third-order valence-corrected chi connectivity index (χ3v) is 4.84. The van der Waals surface area contributed by atoms with Crippen molar-refractivity contribution in [3.8, 4) is 5.75 Å². The van der Waals surface area contributed by atoms with Crippen molar-refractivity contribution < 1.29 is 4.74 Å². The van der Waals surface area contributed by atoms with Crippen LogP contribution >= 0.6 is 27.3 Å². The van der Waals surface area contributed by atoms with Crippen molar-refractivity contribution in [1.29, 1.82) is 0 Å². The van der Waals surface area contributed by atoms with Crippen molar-refractivity contribution in [1.82, 2.24) is 0 Å². The number of unbranched alkanes of at least 4 members (excludes halogenated alkanes) is 1. The maximum absolute atomic E-state index is 6.26. The number of halogens is 1. The van der Waals surface area contributed by atoms with Crippen molar-refractivity contribution in [2.24, 2.45) is 5.73 Å². The normalized spacial score (nSPS) is 12.3. The molecular weight excluding hydrogens is 334 g/mol. The van der Waals surface area contributed by atoms with Gasteiger partial charge >= 0.3 is 0 Å². The van der Waals surface area contributed by atoms with Gasteiger partial charge in [0.05, 0.1) is 6.61 Å². The molecule has 0 bridgehead atoms. The van der Waals surface area contributed by atoms with Crippen LogP contribution in [0, 0.1) is 0 Å². The molecule has 0 saturated carbocycles. The van der Waals surface area contributed by atoms with Crippen LogP contribution in [0.5, 0.6) is 5.75 Å². The molecule has 2 rings (SSSR count). The molecule has 0 aliphatic carbocycles. The molecule has 2 nitrogen and oxygen atoms in total. The lowest BCUT2D eigenvalue weighted by atomic mass is 10.0. The van der Waals surface area contributed by atoms with Crippen molar-refractivity contribution in [2.45, 2.75) is 32.2 Å². The molecule has 1 aromatic heterocycles. The van der Waals surface area contributed by atoms with Crippen LogP contribution in [-0.4, -0.2) is 6.61 Å². The second-order valence-electron chi connectivity index (χ2n) is 4.81. The van der Waals surface area contributed by atoms with E-state index in [4.69, 9.17) is 10.5 Å². The number of hydrogen-bond donors (Lipinski definition) is 1. The number of thiophene rings is 1. The number of rotatable bonds is 7. The van der Waals surface area contributed by atoms with Gasteiger partial charge in [-0.2, -0.15) is 0 Å². The maximum atomic E-state index is 6.26. The molecule has 0 aliphatic heterocycles. The molecule has 0 spiro atoms. The van der Waals surface area contributed by atoms with Crippen molar-refractivity contribution >= 4 is 27.3 Å². The van der Waals surface area contributed by atoms with Crippen LogP contribution in [0.1, 0.15) is 36.2 Å². The van der Waals surface area contributed by atoms with Gasteiger partial charge < -0.3 is 10.5 Å². The van der Waals surface area contributed by atoms with Gasteiger partial charge in [0, 0.05) is 27.2 Å². The van der Waals surface area contributed by atoms with Crippen LogP contribution in [0.2, 0.25) is 0 Å². The zero-order chi connectivity index (χ0) is 14.4. The van der Waals surface area contributed by atoms with E-state index in [1.807, 2.05) is 12.1 Å².